The number of aromatic nitrogens is 1. The summed E-state index contributed by atoms with van der Waals surface area (Å²) < 4.78 is 11.4. The molecule has 1 aromatic heterocycles. The monoisotopic (exact) mass is 357 g/mol. The Hall–Kier alpha value is -2.89. The summed E-state index contributed by atoms with van der Waals surface area (Å²) in [5.41, 5.74) is 2.36. The van der Waals surface area contributed by atoms with E-state index in [1.807, 2.05) is 26.0 Å². The van der Waals surface area contributed by atoms with Crippen molar-refractivity contribution in [2.75, 3.05) is 13.2 Å². The van der Waals surface area contributed by atoms with E-state index in [1.54, 1.807) is 26.8 Å². The Morgan fingerprint density at radius 2 is 1.50 bits per heavy atom. The highest BCUT2D eigenvalue weighted by Gasteiger charge is 2.23. The normalized spacial score (nSPS) is 10.5. The number of ether oxygens (including phenoxy) is 2. The maximum atomic E-state index is 13.0. The molecule has 6 heteroatoms. The molecule has 26 heavy (non-hydrogen) atoms. The molecule has 0 unspecified atom stereocenters. The van der Waals surface area contributed by atoms with Gasteiger partial charge in [-0.2, -0.15) is 0 Å². The van der Waals surface area contributed by atoms with Gasteiger partial charge in [0.05, 0.1) is 24.5 Å². The fraction of sp³-hybridized carbons (Fsp3) is 0.350. The molecule has 0 saturated heterocycles. The summed E-state index contributed by atoms with van der Waals surface area (Å²) in [5.74, 6) is -1.35. The van der Waals surface area contributed by atoms with Gasteiger partial charge < -0.3 is 9.47 Å². The van der Waals surface area contributed by atoms with Crippen LogP contribution in [0.1, 0.15) is 51.4 Å². The van der Waals surface area contributed by atoms with Gasteiger partial charge in [-0.05, 0) is 52.3 Å². The van der Waals surface area contributed by atoms with Crippen LogP contribution in [0.4, 0.5) is 0 Å². The van der Waals surface area contributed by atoms with Crippen molar-refractivity contribution in [2.24, 2.45) is 0 Å². The lowest BCUT2D eigenvalue weighted by molar-refractivity contribution is 0.0522. The summed E-state index contributed by atoms with van der Waals surface area (Å²) in [5, 5.41) is 0. The minimum absolute atomic E-state index is 0.129. The Morgan fingerprint density at radius 1 is 0.923 bits per heavy atom. The molecule has 0 radical (unpaired) electrons. The Kier molecular flexibility index (Phi) is 5.97. The van der Waals surface area contributed by atoms with E-state index >= 15 is 0 Å². The Balaban J connectivity index is 2.82. The SMILES string of the molecule is CCOC(=O)c1cc(C(=O)OCC)c(=O)n(-c2ccc(C)cc2C)c1C. The summed E-state index contributed by atoms with van der Waals surface area (Å²) in [7, 11) is 0. The highest BCUT2D eigenvalue weighted by Crippen LogP contribution is 2.19. The second-order valence-corrected chi connectivity index (χ2v) is 5.93. The molecule has 0 saturated carbocycles. The Labute approximate surface area is 152 Å². The Bertz CT molecular complexity index is 911. The van der Waals surface area contributed by atoms with E-state index in [4.69, 9.17) is 9.47 Å². The largest absolute Gasteiger partial charge is 0.462 e. The summed E-state index contributed by atoms with van der Waals surface area (Å²) in [6.07, 6.45) is 0. The zero-order chi connectivity index (χ0) is 19.4. The van der Waals surface area contributed by atoms with Gasteiger partial charge in [-0.25, -0.2) is 9.59 Å². The molecule has 0 aliphatic heterocycles. The fourth-order valence-electron chi connectivity index (χ4n) is 2.82. The van der Waals surface area contributed by atoms with E-state index in [2.05, 4.69) is 0 Å². The molecule has 0 fully saturated rings. The molecule has 0 aliphatic carbocycles. The van der Waals surface area contributed by atoms with Crippen molar-refractivity contribution in [3.63, 3.8) is 0 Å². The number of pyridine rings is 1. The van der Waals surface area contributed by atoms with Crippen molar-refractivity contribution in [3.05, 3.63) is 62.6 Å². The number of carbonyl (C=O) groups excluding carboxylic acids is 2. The first-order chi connectivity index (χ1) is 12.3. The van der Waals surface area contributed by atoms with Crippen molar-refractivity contribution in [1.82, 2.24) is 4.57 Å². The van der Waals surface area contributed by atoms with Gasteiger partial charge in [0.1, 0.15) is 5.56 Å². The van der Waals surface area contributed by atoms with Crippen molar-refractivity contribution in [1.29, 1.82) is 0 Å². The van der Waals surface area contributed by atoms with Gasteiger partial charge in [0.25, 0.3) is 5.56 Å². The number of nitrogens with zero attached hydrogens (tertiary/aromatic N) is 1. The van der Waals surface area contributed by atoms with Crippen LogP contribution in [0.2, 0.25) is 0 Å². The van der Waals surface area contributed by atoms with Crippen LogP contribution in [0.3, 0.4) is 0 Å². The molecule has 0 atom stereocenters. The van der Waals surface area contributed by atoms with Crippen molar-refractivity contribution < 1.29 is 19.1 Å². The number of hydrogen-bond acceptors (Lipinski definition) is 5. The average Bonchev–Trinajstić information content (AvgIpc) is 2.57. The van der Waals surface area contributed by atoms with Crippen LogP contribution in [0.5, 0.6) is 0 Å². The van der Waals surface area contributed by atoms with Gasteiger partial charge in [-0.1, -0.05) is 17.7 Å². The van der Waals surface area contributed by atoms with Crippen LogP contribution in [-0.2, 0) is 9.47 Å². The van der Waals surface area contributed by atoms with Gasteiger partial charge in [0.15, 0.2) is 0 Å². The summed E-state index contributed by atoms with van der Waals surface area (Å²) in [6.45, 7) is 9.14. The summed E-state index contributed by atoms with van der Waals surface area (Å²) in [4.78, 5) is 37.6. The molecule has 0 N–H and O–H groups in total. The Morgan fingerprint density at radius 3 is 2.04 bits per heavy atom. The molecule has 0 bridgehead atoms. The molecule has 2 aromatic rings. The molecule has 1 aromatic carbocycles. The lowest BCUT2D eigenvalue weighted by Gasteiger charge is -2.17. The second-order valence-electron chi connectivity index (χ2n) is 5.93. The zero-order valence-corrected chi connectivity index (χ0v) is 15.7. The quantitative estimate of drug-likeness (QED) is 0.769. The van der Waals surface area contributed by atoms with Crippen LogP contribution in [0, 0.1) is 20.8 Å². The van der Waals surface area contributed by atoms with E-state index in [1.165, 1.54) is 10.6 Å². The maximum absolute atomic E-state index is 13.0. The lowest BCUT2D eigenvalue weighted by Crippen LogP contribution is -2.30. The fourth-order valence-corrected chi connectivity index (χ4v) is 2.82. The minimum atomic E-state index is -0.762. The number of hydrogen-bond donors (Lipinski definition) is 0. The first-order valence-electron chi connectivity index (χ1n) is 8.50. The van der Waals surface area contributed by atoms with Crippen LogP contribution in [0.15, 0.2) is 29.1 Å². The third-order valence-corrected chi connectivity index (χ3v) is 4.03. The van der Waals surface area contributed by atoms with Crippen LogP contribution < -0.4 is 5.56 Å². The van der Waals surface area contributed by atoms with E-state index in [0.29, 0.717) is 11.4 Å². The van der Waals surface area contributed by atoms with Gasteiger partial charge in [-0.3, -0.25) is 9.36 Å². The molecule has 1 heterocycles. The standard InChI is InChI=1S/C20H23NO5/c1-6-25-19(23)15-11-16(20(24)26-7-2)18(22)21(14(15)5)17-9-8-12(3)10-13(17)4/h8-11H,6-7H2,1-5H3. The number of esters is 2. The van der Waals surface area contributed by atoms with Gasteiger partial charge in [-0.15, -0.1) is 0 Å². The lowest BCUT2D eigenvalue weighted by atomic mass is 10.1. The number of aryl methyl sites for hydroxylation is 2. The highest BCUT2D eigenvalue weighted by atomic mass is 16.5. The molecular formula is C20H23NO5. The van der Waals surface area contributed by atoms with Gasteiger partial charge >= 0.3 is 11.9 Å². The number of carbonyl (C=O) groups is 2. The van der Waals surface area contributed by atoms with Crippen molar-refractivity contribution >= 4 is 11.9 Å². The molecule has 0 aliphatic rings. The minimum Gasteiger partial charge on any atom is -0.462 e. The van der Waals surface area contributed by atoms with E-state index < -0.39 is 17.5 Å². The number of benzene rings is 1. The van der Waals surface area contributed by atoms with Crippen LogP contribution >= 0.6 is 0 Å². The molecule has 6 nitrogen and oxygen atoms in total. The molecule has 0 amide bonds. The molecule has 2 rings (SSSR count). The van der Waals surface area contributed by atoms with E-state index in [-0.39, 0.29) is 24.3 Å². The smallest absolute Gasteiger partial charge is 0.343 e. The van der Waals surface area contributed by atoms with E-state index in [0.717, 1.165) is 11.1 Å². The molecule has 0 spiro atoms. The van der Waals surface area contributed by atoms with Crippen LogP contribution in [-0.4, -0.2) is 29.7 Å². The first kappa shape index (κ1) is 19.4. The van der Waals surface area contributed by atoms with Gasteiger partial charge in [0, 0.05) is 5.69 Å². The maximum Gasteiger partial charge on any atom is 0.343 e. The van der Waals surface area contributed by atoms with Crippen molar-refractivity contribution in [2.45, 2.75) is 34.6 Å². The summed E-state index contributed by atoms with van der Waals surface area (Å²) in [6, 6.07) is 6.86. The predicted octanol–water partition coefficient (Wildman–Crippen LogP) is 3.12. The van der Waals surface area contributed by atoms with Crippen LogP contribution in [0.25, 0.3) is 5.69 Å². The zero-order valence-electron chi connectivity index (χ0n) is 15.7. The molecular weight excluding hydrogens is 334 g/mol. The van der Waals surface area contributed by atoms with Gasteiger partial charge in [0.2, 0.25) is 0 Å². The highest BCUT2D eigenvalue weighted by molar-refractivity contribution is 5.96. The van der Waals surface area contributed by atoms with Crippen molar-refractivity contribution in [3.8, 4) is 5.69 Å². The second kappa shape index (κ2) is 7.99. The third-order valence-electron chi connectivity index (χ3n) is 4.03. The van der Waals surface area contributed by atoms with E-state index in [9.17, 15) is 14.4 Å². The summed E-state index contributed by atoms with van der Waals surface area (Å²) >= 11 is 0. The first-order valence-corrected chi connectivity index (χ1v) is 8.50. The molecule has 138 valence electrons. The number of rotatable bonds is 5. The third kappa shape index (κ3) is 3.69. The average molecular weight is 357 g/mol. The predicted molar refractivity (Wildman–Crippen MR) is 98.2 cm³/mol. The topological polar surface area (TPSA) is 74.6 Å².